The number of piperidine rings is 1. The van der Waals surface area contributed by atoms with E-state index in [1.54, 1.807) is 48.8 Å². The van der Waals surface area contributed by atoms with Gasteiger partial charge in [0.25, 0.3) is 5.91 Å². The molecule has 3 aliphatic rings. The molecule has 1 saturated heterocycles. The summed E-state index contributed by atoms with van der Waals surface area (Å²) in [5.41, 5.74) is 13.6. The second-order valence-corrected chi connectivity index (χ2v) is 16.8. The molecule has 0 bridgehead atoms. The van der Waals surface area contributed by atoms with Crippen LogP contribution >= 0.6 is 11.6 Å². The number of nitrogens with one attached hydrogen (secondary N) is 6. The number of fused-ring (bicyclic) bond motifs is 4. The highest BCUT2D eigenvalue weighted by Gasteiger charge is 2.39. The van der Waals surface area contributed by atoms with E-state index in [9.17, 15) is 28.0 Å². The second-order valence-electron chi connectivity index (χ2n) is 16.3. The second kappa shape index (κ2) is 22.0. The first kappa shape index (κ1) is 47.2. The van der Waals surface area contributed by atoms with Crippen molar-refractivity contribution in [3.63, 3.8) is 0 Å². The SMILES string of the molecule is N=N/C(=C\NCCCCOCCCCNCC(=O)Nc1ccc2c(c1)CN(C1CCC(=O)NC1=O)C2=O)c1ccc(Nc2ncc3c(n2)-c2ccc(Cl)cc2C(c2c(F)cccc2F)=NC3)cc1. The molecule has 0 aliphatic carbocycles. The Kier molecular flexibility index (Phi) is 15.3. The van der Waals surface area contributed by atoms with Crippen molar-refractivity contribution < 1.29 is 32.7 Å². The molecule has 1 aromatic heterocycles. The zero-order chi connectivity index (χ0) is 47.6. The molecule has 0 spiro atoms. The number of hydrogen-bond donors (Lipinski definition) is 6. The van der Waals surface area contributed by atoms with Crippen LogP contribution in [0, 0.1) is 17.2 Å². The van der Waals surface area contributed by atoms with Gasteiger partial charge < -0.3 is 30.9 Å². The van der Waals surface area contributed by atoms with Crippen molar-refractivity contribution in [1.29, 1.82) is 5.53 Å². The number of carbonyl (C=O) groups is 4. The number of carbonyl (C=O) groups excluding carboxylic acids is 4. The van der Waals surface area contributed by atoms with Gasteiger partial charge in [-0.15, -0.1) is 0 Å². The van der Waals surface area contributed by atoms with Gasteiger partial charge in [-0.1, -0.05) is 35.9 Å². The number of halogens is 3. The third kappa shape index (κ3) is 11.3. The van der Waals surface area contributed by atoms with Crippen molar-refractivity contribution in [2.24, 2.45) is 10.1 Å². The first-order valence-electron chi connectivity index (χ1n) is 22.3. The van der Waals surface area contributed by atoms with Crippen molar-refractivity contribution in [3.8, 4) is 11.3 Å². The van der Waals surface area contributed by atoms with Gasteiger partial charge in [-0.2, -0.15) is 5.11 Å². The monoisotopic (exact) mass is 943 g/mol. The molecule has 4 heterocycles. The van der Waals surface area contributed by atoms with E-state index in [4.69, 9.17) is 26.9 Å². The lowest BCUT2D eigenvalue weighted by Crippen LogP contribution is -2.52. The third-order valence-electron chi connectivity index (χ3n) is 11.6. The van der Waals surface area contributed by atoms with Crippen LogP contribution in [0.3, 0.4) is 0 Å². The average molecular weight is 944 g/mol. The quantitative estimate of drug-likeness (QED) is 0.0255. The van der Waals surface area contributed by atoms with E-state index in [1.165, 1.54) is 23.1 Å². The fraction of sp³-hybridized carbons (Fsp3) is 0.286. The average Bonchev–Trinajstić information content (AvgIpc) is 3.56. The third-order valence-corrected chi connectivity index (χ3v) is 11.8. The van der Waals surface area contributed by atoms with Crippen molar-refractivity contribution in [2.45, 2.75) is 57.7 Å². The molecule has 350 valence electrons. The first-order valence-corrected chi connectivity index (χ1v) is 22.6. The van der Waals surface area contributed by atoms with E-state index in [-0.39, 0.29) is 61.5 Å². The molecule has 4 amide bonds. The molecule has 8 rings (SSSR count). The number of ether oxygens (including phenoxy) is 1. The summed E-state index contributed by atoms with van der Waals surface area (Å²) in [6.45, 7) is 3.00. The molecular formula is C49H48ClF2N11O5. The van der Waals surface area contributed by atoms with Crippen molar-refractivity contribution in [2.75, 3.05) is 43.5 Å². The number of amides is 4. The Labute approximate surface area is 395 Å². The topological polar surface area (TPSA) is 215 Å². The normalized spacial score (nSPS) is 15.4. The van der Waals surface area contributed by atoms with Crippen LogP contribution in [-0.4, -0.2) is 83.1 Å². The first-order chi connectivity index (χ1) is 33.1. The largest absolute Gasteiger partial charge is 0.389 e. The van der Waals surface area contributed by atoms with Gasteiger partial charge >= 0.3 is 0 Å². The highest BCUT2D eigenvalue weighted by molar-refractivity contribution is 6.31. The Hall–Kier alpha value is -7.28. The summed E-state index contributed by atoms with van der Waals surface area (Å²) in [6, 6.07) is 20.5. The Bertz CT molecular complexity index is 2790. The van der Waals surface area contributed by atoms with Crippen molar-refractivity contribution >= 4 is 64.0 Å². The van der Waals surface area contributed by atoms with Gasteiger partial charge in [-0.05, 0) is 98.8 Å². The number of unbranched alkanes of at least 4 members (excludes halogenated alkanes) is 2. The highest BCUT2D eigenvalue weighted by atomic mass is 35.5. The van der Waals surface area contributed by atoms with E-state index >= 15 is 0 Å². The molecule has 0 saturated carbocycles. The van der Waals surface area contributed by atoms with E-state index < -0.39 is 23.6 Å². The van der Waals surface area contributed by atoms with Gasteiger partial charge in [0.2, 0.25) is 23.7 Å². The number of aliphatic imine (C=N–C) groups is 1. The van der Waals surface area contributed by atoms with E-state index in [1.807, 2.05) is 24.3 Å². The minimum Gasteiger partial charge on any atom is -0.389 e. The highest BCUT2D eigenvalue weighted by Crippen LogP contribution is 2.35. The molecule has 6 N–H and O–H groups in total. The molecule has 68 heavy (non-hydrogen) atoms. The van der Waals surface area contributed by atoms with Gasteiger partial charge in [0.15, 0.2) is 0 Å². The van der Waals surface area contributed by atoms with Crippen LogP contribution in [0.1, 0.15) is 76.7 Å². The van der Waals surface area contributed by atoms with E-state index in [0.29, 0.717) is 82.3 Å². The standard InChI is InChI=1S/C49H48ClF2N11O5/c50-32-10-14-36-37(23-32)46(44-38(51)6-5-7-39(44)52)56-24-31-25-57-49(61-45(31)36)59-33-11-8-29(9-12-33)40(62-53)26-54-18-1-3-20-68-21-4-2-19-55-27-43(65)58-34-13-15-35-30(22-34)28-63(48(35)67)41-16-17-42(64)60-47(41)66/h5-15,22-23,25-26,41,53-55H,1-4,16-21,24,27-28H2,(H,58,65)(H,57,59,61)(H,60,64,66)/b40-26-,62-53?. The summed E-state index contributed by atoms with van der Waals surface area (Å²) >= 11 is 6.36. The Morgan fingerprint density at radius 3 is 2.43 bits per heavy atom. The van der Waals surface area contributed by atoms with Gasteiger partial charge in [0.05, 0.1) is 30.1 Å². The molecule has 5 aromatic rings. The molecule has 1 unspecified atom stereocenters. The van der Waals surface area contributed by atoms with Crippen LogP contribution in [0.5, 0.6) is 0 Å². The summed E-state index contributed by atoms with van der Waals surface area (Å²) in [4.78, 5) is 64.6. The number of hydrogen-bond acceptors (Lipinski definition) is 13. The minimum absolute atomic E-state index is 0.102. The molecule has 4 aromatic carbocycles. The number of aromatic nitrogens is 2. The lowest BCUT2D eigenvalue weighted by molar-refractivity contribution is -0.137. The lowest BCUT2D eigenvalue weighted by Gasteiger charge is -2.29. The van der Waals surface area contributed by atoms with Gasteiger partial charge in [-0.25, -0.2) is 24.3 Å². The number of benzene rings is 4. The van der Waals surface area contributed by atoms with Gasteiger partial charge in [0, 0.05) is 89.3 Å². The predicted octanol–water partition coefficient (Wildman–Crippen LogP) is 7.66. The Morgan fingerprint density at radius 2 is 1.66 bits per heavy atom. The predicted molar refractivity (Wildman–Crippen MR) is 252 cm³/mol. The summed E-state index contributed by atoms with van der Waals surface area (Å²) in [6.07, 6.45) is 7.19. The Balaban J connectivity index is 0.707. The number of anilines is 3. The van der Waals surface area contributed by atoms with Gasteiger partial charge in [0.1, 0.15) is 23.4 Å². The fourth-order valence-electron chi connectivity index (χ4n) is 8.17. The van der Waals surface area contributed by atoms with Gasteiger partial charge in [-0.3, -0.25) is 29.5 Å². The van der Waals surface area contributed by atoms with Crippen molar-refractivity contribution in [1.82, 2.24) is 30.8 Å². The molecule has 1 fully saturated rings. The molecular weight excluding hydrogens is 896 g/mol. The van der Waals surface area contributed by atoms with E-state index in [2.05, 4.69) is 41.7 Å². The van der Waals surface area contributed by atoms with Crippen LogP contribution in [0.25, 0.3) is 17.0 Å². The Morgan fingerprint density at radius 1 is 0.912 bits per heavy atom. The molecule has 0 radical (unpaired) electrons. The van der Waals surface area contributed by atoms with Crippen LogP contribution in [-0.2, 0) is 32.2 Å². The van der Waals surface area contributed by atoms with Crippen LogP contribution < -0.4 is 26.6 Å². The zero-order valence-electron chi connectivity index (χ0n) is 36.8. The molecule has 19 heteroatoms. The van der Waals surface area contributed by atoms with Crippen LogP contribution in [0.4, 0.5) is 26.1 Å². The zero-order valence-corrected chi connectivity index (χ0v) is 37.6. The lowest BCUT2D eigenvalue weighted by atomic mass is 9.95. The maximum Gasteiger partial charge on any atom is 0.255 e. The summed E-state index contributed by atoms with van der Waals surface area (Å²) in [5, 5.41) is 18.8. The summed E-state index contributed by atoms with van der Waals surface area (Å²) in [5.74, 6) is -2.43. The minimum atomic E-state index is -0.731. The summed E-state index contributed by atoms with van der Waals surface area (Å²) in [7, 11) is 0. The number of rotatable bonds is 20. The maximum atomic E-state index is 14.9. The van der Waals surface area contributed by atoms with Crippen LogP contribution in [0.15, 0.2) is 101 Å². The molecule has 1 atom stereocenters. The molecule has 16 nitrogen and oxygen atoms in total. The molecule has 3 aliphatic heterocycles. The number of imide groups is 1. The fourth-order valence-corrected chi connectivity index (χ4v) is 8.34. The summed E-state index contributed by atoms with van der Waals surface area (Å²) < 4.78 is 35.7. The maximum absolute atomic E-state index is 14.9. The van der Waals surface area contributed by atoms with E-state index in [0.717, 1.165) is 36.8 Å². The van der Waals surface area contributed by atoms with Crippen molar-refractivity contribution in [3.05, 3.63) is 141 Å². The number of nitrogens with zero attached hydrogens (tertiary/aromatic N) is 5. The smallest absolute Gasteiger partial charge is 0.255 e. The van der Waals surface area contributed by atoms with Crippen LogP contribution in [0.2, 0.25) is 5.02 Å².